The van der Waals surface area contributed by atoms with Crippen molar-refractivity contribution >= 4 is 34.6 Å². The van der Waals surface area contributed by atoms with E-state index in [1.54, 1.807) is 0 Å². The second kappa shape index (κ2) is 6.84. The maximum Gasteiger partial charge on any atom is 0.284 e. The number of aryl methyl sites for hydroxylation is 1. The molecule has 2 aromatic rings. The molecule has 0 spiro atoms. The third-order valence-electron chi connectivity index (χ3n) is 3.87. The van der Waals surface area contributed by atoms with Crippen LogP contribution in [-0.2, 0) is 6.42 Å². The molecule has 24 heavy (non-hydrogen) atoms. The Labute approximate surface area is 145 Å². The first kappa shape index (κ1) is 16.2. The first-order chi connectivity index (χ1) is 11.6. The number of amides is 1. The average Bonchev–Trinajstić information content (AvgIpc) is 2.92. The summed E-state index contributed by atoms with van der Waals surface area (Å²) >= 11 is 5.26. The van der Waals surface area contributed by atoms with Crippen molar-refractivity contribution in [2.75, 3.05) is 5.32 Å². The Hall–Kier alpha value is -2.67. The fourth-order valence-electron chi connectivity index (χ4n) is 2.81. The average molecular weight is 342 g/mol. The molecule has 1 aliphatic carbocycles. The monoisotopic (exact) mass is 342 g/mol. The van der Waals surface area contributed by atoms with Crippen LogP contribution in [0.15, 0.2) is 39.9 Å². The fraction of sp³-hybridized carbons (Fsp3) is 0.235. The van der Waals surface area contributed by atoms with E-state index < -0.39 is 5.91 Å². The molecule has 0 atom stereocenters. The molecule has 0 saturated carbocycles. The normalized spacial score (nSPS) is 15.0. The highest BCUT2D eigenvalue weighted by Gasteiger charge is 2.26. The lowest BCUT2D eigenvalue weighted by atomic mass is 9.93. The maximum absolute atomic E-state index is 11.5. The molecule has 3 rings (SSSR count). The summed E-state index contributed by atoms with van der Waals surface area (Å²) in [6, 6.07) is 9.61. The van der Waals surface area contributed by atoms with Crippen LogP contribution < -0.4 is 16.5 Å². The third-order valence-corrected chi connectivity index (χ3v) is 4.07. The quantitative estimate of drug-likeness (QED) is 0.589. The number of benzene rings is 1. The van der Waals surface area contributed by atoms with Crippen LogP contribution in [0.4, 0.5) is 5.69 Å². The molecule has 1 aromatic carbocycles. The molecule has 0 fully saturated rings. The van der Waals surface area contributed by atoms with Gasteiger partial charge in [0.1, 0.15) is 5.76 Å². The van der Waals surface area contributed by atoms with Gasteiger partial charge in [-0.2, -0.15) is 5.10 Å². The number of fused-ring (bicyclic) bond motifs is 1. The van der Waals surface area contributed by atoms with Crippen molar-refractivity contribution in [2.45, 2.75) is 26.2 Å². The molecular formula is C17H18N4O2S. The smallest absolute Gasteiger partial charge is 0.284 e. The van der Waals surface area contributed by atoms with Crippen molar-refractivity contribution in [2.24, 2.45) is 10.8 Å². The summed E-state index contributed by atoms with van der Waals surface area (Å²) < 4.78 is 5.60. The van der Waals surface area contributed by atoms with Crippen LogP contribution in [0, 0.1) is 6.92 Å². The van der Waals surface area contributed by atoms with Crippen LogP contribution >= 0.6 is 12.2 Å². The highest BCUT2D eigenvalue weighted by Crippen LogP contribution is 2.29. The Morgan fingerprint density at radius 3 is 2.75 bits per heavy atom. The van der Waals surface area contributed by atoms with Gasteiger partial charge in [-0.05, 0) is 44.1 Å². The van der Waals surface area contributed by atoms with Gasteiger partial charge in [-0.15, -0.1) is 0 Å². The number of hydrazone groups is 1. The van der Waals surface area contributed by atoms with E-state index >= 15 is 0 Å². The van der Waals surface area contributed by atoms with Gasteiger partial charge in [0.05, 0.1) is 5.71 Å². The molecule has 6 nitrogen and oxygen atoms in total. The van der Waals surface area contributed by atoms with E-state index in [1.807, 2.05) is 37.3 Å². The summed E-state index contributed by atoms with van der Waals surface area (Å²) in [5.74, 6) is 0.407. The largest absolute Gasteiger partial charge is 0.455 e. The van der Waals surface area contributed by atoms with Crippen LogP contribution in [0.25, 0.3) is 0 Å². The minimum Gasteiger partial charge on any atom is -0.455 e. The van der Waals surface area contributed by atoms with Gasteiger partial charge in [0.2, 0.25) is 0 Å². The lowest BCUT2D eigenvalue weighted by Crippen LogP contribution is -2.26. The van der Waals surface area contributed by atoms with Crippen LogP contribution in [0.2, 0.25) is 0 Å². The summed E-state index contributed by atoms with van der Waals surface area (Å²) in [7, 11) is 0. The first-order valence-electron chi connectivity index (χ1n) is 7.67. The lowest BCUT2D eigenvalue weighted by molar-refractivity contribution is 0.0971. The summed E-state index contributed by atoms with van der Waals surface area (Å²) in [6.45, 7) is 1.82. The number of carbonyl (C=O) groups excluding carboxylic acids is 1. The molecule has 0 radical (unpaired) electrons. The predicted molar refractivity (Wildman–Crippen MR) is 97.2 cm³/mol. The molecule has 124 valence electrons. The van der Waals surface area contributed by atoms with Crippen molar-refractivity contribution in [1.29, 1.82) is 0 Å². The highest BCUT2D eigenvalue weighted by molar-refractivity contribution is 7.80. The Morgan fingerprint density at radius 1 is 1.29 bits per heavy atom. The number of nitrogens with two attached hydrogens (primary N) is 1. The molecule has 0 unspecified atom stereocenters. The Bertz CT molecular complexity index is 811. The number of rotatable bonds is 3. The van der Waals surface area contributed by atoms with E-state index in [9.17, 15) is 4.79 Å². The van der Waals surface area contributed by atoms with E-state index in [-0.39, 0.29) is 5.76 Å². The number of hydrogen-bond acceptors (Lipinski definition) is 4. The zero-order valence-corrected chi connectivity index (χ0v) is 14.1. The van der Waals surface area contributed by atoms with Crippen molar-refractivity contribution in [3.63, 3.8) is 0 Å². The van der Waals surface area contributed by atoms with Crippen molar-refractivity contribution in [3.8, 4) is 0 Å². The lowest BCUT2D eigenvalue weighted by Gasteiger charge is -2.14. The Morgan fingerprint density at radius 2 is 2.04 bits per heavy atom. The molecule has 7 heteroatoms. The van der Waals surface area contributed by atoms with E-state index in [0.29, 0.717) is 5.11 Å². The van der Waals surface area contributed by atoms with E-state index in [1.165, 1.54) is 0 Å². The van der Waals surface area contributed by atoms with E-state index in [2.05, 4.69) is 15.8 Å². The van der Waals surface area contributed by atoms with Gasteiger partial charge in [-0.1, -0.05) is 18.2 Å². The van der Waals surface area contributed by atoms with Crippen molar-refractivity contribution < 1.29 is 9.21 Å². The zero-order valence-electron chi connectivity index (χ0n) is 13.3. The number of primary amides is 1. The highest BCUT2D eigenvalue weighted by atomic mass is 32.1. The number of para-hydroxylation sites is 1. The summed E-state index contributed by atoms with van der Waals surface area (Å²) in [5, 5.41) is 7.86. The summed E-state index contributed by atoms with van der Waals surface area (Å²) in [4.78, 5) is 11.5. The zero-order chi connectivity index (χ0) is 17.1. The summed E-state index contributed by atoms with van der Waals surface area (Å²) in [5.41, 5.74) is 11.5. The van der Waals surface area contributed by atoms with Crippen LogP contribution in [0.3, 0.4) is 0 Å². The van der Waals surface area contributed by atoms with E-state index in [0.717, 1.165) is 47.5 Å². The van der Waals surface area contributed by atoms with Gasteiger partial charge in [0.25, 0.3) is 5.91 Å². The van der Waals surface area contributed by atoms with Crippen molar-refractivity contribution in [1.82, 2.24) is 5.43 Å². The molecule has 0 bridgehead atoms. The minimum atomic E-state index is -0.560. The first-order valence-corrected chi connectivity index (χ1v) is 8.08. The Balaban J connectivity index is 1.78. The molecular weight excluding hydrogens is 324 g/mol. The second-order valence-corrected chi connectivity index (χ2v) is 5.97. The number of nitrogens with one attached hydrogen (secondary N) is 2. The number of thiocarbonyl (C=S) groups is 1. The maximum atomic E-state index is 11.5. The predicted octanol–water partition coefficient (Wildman–Crippen LogP) is 2.71. The van der Waals surface area contributed by atoms with Gasteiger partial charge in [-0.25, -0.2) is 0 Å². The number of furan rings is 1. The van der Waals surface area contributed by atoms with Gasteiger partial charge in [0.15, 0.2) is 10.9 Å². The topological polar surface area (TPSA) is 92.7 Å². The number of anilines is 1. The molecule has 1 heterocycles. The van der Waals surface area contributed by atoms with E-state index in [4.69, 9.17) is 22.4 Å². The second-order valence-electron chi connectivity index (χ2n) is 5.56. The van der Waals surface area contributed by atoms with Gasteiger partial charge >= 0.3 is 0 Å². The molecule has 4 N–H and O–H groups in total. The number of nitrogens with zero attached hydrogens (tertiary/aromatic N) is 1. The third kappa shape index (κ3) is 3.30. The minimum absolute atomic E-state index is 0.208. The van der Waals surface area contributed by atoms with Crippen LogP contribution in [0.5, 0.6) is 0 Å². The van der Waals surface area contributed by atoms with Gasteiger partial charge in [0, 0.05) is 23.2 Å². The van der Waals surface area contributed by atoms with Crippen LogP contribution in [-0.4, -0.2) is 16.7 Å². The van der Waals surface area contributed by atoms with Gasteiger partial charge in [-0.3, -0.25) is 10.2 Å². The fourth-order valence-corrected chi connectivity index (χ4v) is 2.98. The van der Waals surface area contributed by atoms with Gasteiger partial charge < -0.3 is 15.5 Å². The Kier molecular flexibility index (Phi) is 4.61. The van der Waals surface area contributed by atoms with Crippen LogP contribution in [0.1, 0.15) is 40.3 Å². The standard InChI is InChI=1S/C17H18N4O2S/c1-10-14-12(8-5-9-13(14)23-15(10)16(18)22)20-21-17(24)19-11-6-3-2-4-7-11/h2-4,6-7H,5,8-9H2,1H3,(H2,18,22)(H2,19,21,24)/b20-12+. The van der Waals surface area contributed by atoms with Crippen molar-refractivity contribution in [3.05, 3.63) is 53.0 Å². The summed E-state index contributed by atoms with van der Waals surface area (Å²) in [6.07, 6.45) is 2.46. The molecule has 0 aliphatic heterocycles. The molecule has 1 aromatic heterocycles. The number of carbonyl (C=O) groups is 1. The molecule has 0 saturated heterocycles. The number of hydrogen-bond donors (Lipinski definition) is 3. The molecule has 1 aliphatic rings. The molecule has 1 amide bonds. The SMILES string of the molecule is Cc1c(C(N)=O)oc2c1/C(=N/NC(=S)Nc1ccccc1)CCC2.